The summed E-state index contributed by atoms with van der Waals surface area (Å²) in [6.45, 7) is 3.56. The number of carbonyl (C=O) groups excluding carboxylic acids is 1. The van der Waals surface area contributed by atoms with Crippen molar-refractivity contribution in [3.8, 4) is 0 Å². The minimum Gasteiger partial charge on any atom is -0.481 e. The smallest absolute Gasteiger partial charge is 0.322 e. The predicted molar refractivity (Wildman–Crippen MR) is 67.0 cm³/mol. The SMILES string of the molecule is CCOC(=O)CS(=O)(=O)N1CCC(C)(C(=O)O)CC1. The minimum atomic E-state index is -3.71. The number of hydrogen-bond donors (Lipinski definition) is 1. The molecule has 0 spiro atoms. The van der Waals surface area contributed by atoms with Crippen LogP contribution in [-0.4, -0.2) is 55.2 Å². The zero-order valence-electron chi connectivity index (χ0n) is 11.1. The number of ether oxygens (including phenoxy) is 1. The van der Waals surface area contributed by atoms with Gasteiger partial charge >= 0.3 is 11.9 Å². The highest BCUT2D eigenvalue weighted by atomic mass is 32.2. The standard InChI is InChI=1S/C11H19NO6S/c1-3-18-9(13)8-19(16,17)12-6-4-11(2,5-7-12)10(14)15/h3-8H2,1-2H3,(H,14,15). The van der Waals surface area contributed by atoms with Crippen molar-refractivity contribution in [3.05, 3.63) is 0 Å². The van der Waals surface area contributed by atoms with Crippen LogP contribution in [0.5, 0.6) is 0 Å². The van der Waals surface area contributed by atoms with Crippen LogP contribution < -0.4 is 0 Å². The molecule has 1 N–H and O–H groups in total. The molecule has 0 bridgehead atoms. The molecular formula is C11H19NO6S. The van der Waals surface area contributed by atoms with Gasteiger partial charge in [0.1, 0.15) is 0 Å². The zero-order chi connectivity index (χ0) is 14.7. The van der Waals surface area contributed by atoms with E-state index in [1.54, 1.807) is 13.8 Å². The van der Waals surface area contributed by atoms with Crippen LogP contribution in [0.1, 0.15) is 26.7 Å². The molecule has 1 rings (SSSR count). The number of carboxylic acid groups (broad SMARTS) is 1. The Bertz CT molecular complexity index is 450. The largest absolute Gasteiger partial charge is 0.481 e. The third-order valence-electron chi connectivity index (χ3n) is 3.34. The average molecular weight is 293 g/mol. The number of hydrogen-bond acceptors (Lipinski definition) is 5. The number of rotatable bonds is 5. The van der Waals surface area contributed by atoms with E-state index in [2.05, 4.69) is 4.74 Å². The molecule has 0 saturated carbocycles. The summed E-state index contributed by atoms with van der Waals surface area (Å²) < 4.78 is 29.6. The number of carboxylic acids is 1. The Hall–Kier alpha value is -1.15. The monoisotopic (exact) mass is 293 g/mol. The van der Waals surface area contributed by atoms with Gasteiger partial charge in [-0.05, 0) is 26.7 Å². The molecule has 1 aliphatic heterocycles. The van der Waals surface area contributed by atoms with Crippen LogP contribution in [0.25, 0.3) is 0 Å². The van der Waals surface area contributed by atoms with Crippen molar-refractivity contribution in [1.82, 2.24) is 4.31 Å². The van der Waals surface area contributed by atoms with Gasteiger partial charge in [-0.15, -0.1) is 0 Å². The van der Waals surface area contributed by atoms with Crippen molar-refractivity contribution in [2.45, 2.75) is 26.7 Å². The van der Waals surface area contributed by atoms with Crippen LogP contribution in [-0.2, 0) is 24.3 Å². The molecule has 1 aliphatic rings. The van der Waals surface area contributed by atoms with Gasteiger partial charge < -0.3 is 9.84 Å². The number of carbonyl (C=O) groups is 2. The topological polar surface area (TPSA) is 101 Å². The molecule has 0 aromatic heterocycles. The van der Waals surface area contributed by atoms with Gasteiger partial charge in [-0.25, -0.2) is 12.7 Å². The van der Waals surface area contributed by atoms with E-state index < -0.39 is 33.1 Å². The molecule has 0 atom stereocenters. The van der Waals surface area contributed by atoms with Crippen LogP contribution in [0.2, 0.25) is 0 Å². The summed E-state index contributed by atoms with van der Waals surface area (Å²) in [6.07, 6.45) is 0.481. The van der Waals surface area contributed by atoms with Crippen molar-refractivity contribution in [2.24, 2.45) is 5.41 Å². The highest BCUT2D eigenvalue weighted by molar-refractivity contribution is 7.89. The first-order valence-corrected chi connectivity index (χ1v) is 7.69. The van der Waals surface area contributed by atoms with Crippen LogP contribution in [0.4, 0.5) is 0 Å². The van der Waals surface area contributed by atoms with Crippen LogP contribution in [0.15, 0.2) is 0 Å². The Morgan fingerprint density at radius 2 is 1.84 bits per heavy atom. The van der Waals surface area contributed by atoms with Gasteiger partial charge in [-0.2, -0.15) is 0 Å². The van der Waals surface area contributed by atoms with Crippen molar-refractivity contribution in [3.63, 3.8) is 0 Å². The fraction of sp³-hybridized carbons (Fsp3) is 0.818. The maximum atomic E-state index is 11.9. The molecule has 110 valence electrons. The molecule has 1 saturated heterocycles. The van der Waals surface area contributed by atoms with E-state index in [4.69, 9.17) is 5.11 Å². The lowest BCUT2D eigenvalue weighted by Crippen LogP contribution is -2.46. The molecule has 19 heavy (non-hydrogen) atoms. The number of aliphatic carboxylic acids is 1. The first-order chi connectivity index (χ1) is 8.71. The van der Waals surface area contributed by atoms with Crippen LogP contribution in [0.3, 0.4) is 0 Å². The average Bonchev–Trinajstić information content (AvgIpc) is 2.28. The summed E-state index contributed by atoms with van der Waals surface area (Å²) in [4.78, 5) is 22.3. The Kier molecular flexibility index (Phi) is 4.92. The van der Waals surface area contributed by atoms with Gasteiger partial charge in [-0.1, -0.05) is 0 Å². The van der Waals surface area contributed by atoms with E-state index in [-0.39, 0.29) is 32.5 Å². The summed E-state index contributed by atoms with van der Waals surface area (Å²) in [5.74, 6) is -2.39. The number of esters is 1. The van der Waals surface area contributed by atoms with Gasteiger partial charge in [0.15, 0.2) is 5.75 Å². The molecule has 7 nitrogen and oxygen atoms in total. The number of sulfonamides is 1. The Labute approximate surface area is 112 Å². The highest BCUT2D eigenvalue weighted by Gasteiger charge is 2.40. The van der Waals surface area contributed by atoms with Gasteiger partial charge in [-0.3, -0.25) is 9.59 Å². The minimum absolute atomic E-state index is 0.116. The molecule has 0 aromatic carbocycles. The van der Waals surface area contributed by atoms with Crippen LogP contribution in [0, 0.1) is 5.41 Å². The summed E-state index contributed by atoms with van der Waals surface area (Å²) in [7, 11) is -3.71. The molecule has 0 radical (unpaired) electrons. The van der Waals surface area contributed by atoms with E-state index in [0.717, 1.165) is 4.31 Å². The third-order valence-corrected chi connectivity index (χ3v) is 5.09. The van der Waals surface area contributed by atoms with Gasteiger partial charge in [0.2, 0.25) is 10.0 Å². The van der Waals surface area contributed by atoms with E-state index in [1.165, 1.54) is 0 Å². The van der Waals surface area contributed by atoms with E-state index in [1.807, 2.05) is 0 Å². The summed E-state index contributed by atoms with van der Waals surface area (Å²) >= 11 is 0. The first kappa shape index (κ1) is 15.9. The fourth-order valence-electron chi connectivity index (χ4n) is 1.91. The number of nitrogens with zero attached hydrogens (tertiary/aromatic N) is 1. The Morgan fingerprint density at radius 3 is 2.26 bits per heavy atom. The van der Waals surface area contributed by atoms with Crippen molar-refractivity contribution in [2.75, 3.05) is 25.4 Å². The van der Waals surface area contributed by atoms with Gasteiger partial charge in [0, 0.05) is 13.1 Å². The van der Waals surface area contributed by atoms with Crippen LogP contribution >= 0.6 is 0 Å². The molecular weight excluding hydrogens is 274 g/mol. The molecule has 0 amide bonds. The van der Waals surface area contributed by atoms with E-state index in [9.17, 15) is 18.0 Å². The Morgan fingerprint density at radius 1 is 1.32 bits per heavy atom. The quantitative estimate of drug-likeness (QED) is 0.720. The summed E-state index contributed by atoms with van der Waals surface area (Å²) in [5, 5.41) is 9.06. The molecule has 8 heteroatoms. The van der Waals surface area contributed by atoms with Gasteiger partial charge in [0.25, 0.3) is 0 Å². The molecule has 1 heterocycles. The maximum Gasteiger partial charge on any atom is 0.322 e. The van der Waals surface area contributed by atoms with E-state index >= 15 is 0 Å². The normalized spacial score (nSPS) is 19.9. The second-order valence-electron chi connectivity index (χ2n) is 4.83. The van der Waals surface area contributed by atoms with Crippen molar-refractivity contribution >= 4 is 22.0 Å². The third kappa shape index (κ3) is 3.90. The lowest BCUT2D eigenvalue weighted by Gasteiger charge is -2.35. The molecule has 0 aromatic rings. The fourth-order valence-corrected chi connectivity index (χ4v) is 3.22. The summed E-state index contributed by atoms with van der Waals surface area (Å²) in [6, 6.07) is 0. The lowest BCUT2D eigenvalue weighted by molar-refractivity contribution is -0.150. The van der Waals surface area contributed by atoms with E-state index in [0.29, 0.717) is 0 Å². The molecule has 1 fully saturated rings. The zero-order valence-corrected chi connectivity index (χ0v) is 11.9. The maximum absolute atomic E-state index is 11.9. The second kappa shape index (κ2) is 5.87. The van der Waals surface area contributed by atoms with Crippen molar-refractivity contribution in [1.29, 1.82) is 0 Å². The number of piperidine rings is 1. The van der Waals surface area contributed by atoms with Crippen molar-refractivity contribution < 1.29 is 27.9 Å². The highest BCUT2D eigenvalue weighted by Crippen LogP contribution is 2.32. The lowest BCUT2D eigenvalue weighted by atomic mass is 9.81. The molecule has 0 unspecified atom stereocenters. The molecule has 0 aliphatic carbocycles. The Balaban J connectivity index is 2.64. The first-order valence-electron chi connectivity index (χ1n) is 6.08. The summed E-state index contributed by atoms with van der Waals surface area (Å²) in [5.41, 5.74) is -0.893. The predicted octanol–water partition coefficient (Wildman–Crippen LogP) is 0.0660. The second-order valence-corrected chi connectivity index (χ2v) is 6.80. The van der Waals surface area contributed by atoms with Gasteiger partial charge in [0.05, 0.1) is 12.0 Å².